The normalized spacial score (nSPS) is 21.3. The number of hydrogen-bond acceptors (Lipinski definition) is 3. The molecule has 1 atom stereocenters. The highest BCUT2D eigenvalue weighted by molar-refractivity contribution is 5.55. The van der Waals surface area contributed by atoms with E-state index in [1.54, 1.807) is 0 Å². The maximum atomic E-state index is 6.03. The molecule has 0 radical (unpaired) electrons. The van der Waals surface area contributed by atoms with Gasteiger partial charge in [-0.15, -0.1) is 0 Å². The Balaban J connectivity index is 2.27. The first kappa shape index (κ1) is 12.4. The van der Waals surface area contributed by atoms with Crippen LogP contribution in [0.15, 0.2) is 24.3 Å². The predicted octanol–water partition coefficient (Wildman–Crippen LogP) is 2.32. The van der Waals surface area contributed by atoms with E-state index < -0.39 is 0 Å². The van der Waals surface area contributed by atoms with Gasteiger partial charge in [-0.2, -0.15) is 0 Å². The molecule has 1 saturated heterocycles. The molecule has 0 aliphatic carbocycles. The molecule has 1 heterocycles. The molecule has 0 bridgehead atoms. The fraction of sp³-hybridized carbons (Fsp3) is 0.571. The zero-order valence-corrected chi connectivity index (χ0v) is 10.9. The maximum Gasteiger partial charge on any atom is 0.0801 e. The molecular formula is C14H22N2O. The summed E-state index contributed by atoms with van der Waals surface area (Å²) in [5.41, 5.74) is 8.41. The first-order valence-electron chi connectivity index (χ1n) is 6.23. The smallest absolute Gasteiger partial charge is 0.0801 e. The summed E-state index contributed by atoms with van der Waals surface area (Å²) in [5, 5.41) is 0. The average molecular weight is 234 g/mol. The van der Waals surface area contributed by atoms with Crippen LogP contribution in [0.2, 0.25) is 0 Å². The van der Waals surface area contributed by atoms with Crippen molar-refractivity contribution in [1.82, 2.24) is 0 Å². The van der Waals surface area contributed by atoms with Crippen molar-refractivity contribution in [3.05, 3.63) is 29.8 Å². The Morgan fingerprint density at radius 1 is 1.35 bits per heavy atom. The number of morpholine rings is 1. The molecule has 1 unspecified atom stereocenters. The lowest BCUT2D eigenvalue weighted by molar-refractivity contribution is -0.0277. The summed E-state index contributed by atoms with van der Waals surface area (Å²) in [7, 11) is 0. The van der Waals surface area contributed by atoms with Crippen LogP contribution in [0, 0.1) is 0 Å². The van der Waals surface area contributed by atoms with Crippen LogP contribution < -0.4 is 10.6 Å². The SMILES string of the molecule is CC(N)c1ccccc1N1CCOC(C)(C)C1. The Hall–Kier alpha value is -1.06. The summed E-state index contributed by atoms with van der Waals surface area (Å²) in [4.78, 5) is 2.38. The molecule has 3 heteroatoms. The van der Waals surface area contributed by atoms with E-state index in [0.717, 1.165) is 19.7 Å². The third-order valence-corrected chi connectivity index (χ3v) is 3.19. The second-order valence-electron chi connectivity index (χ2n) is 5.38. The molecule has 2 rings (SSSR count). The van der Waals surface area contributed by atoms with Crippen molar-refractivity contribution >= 4 is 5.69 Å². The summed E-state index contributed by atoms with van der Waals surface area (Å²) < 4.78 is 5.74. The van der Waals surface area contributed by atoms with Gasteiger partial charge in [0.1, 0.15) is 0 Å². The van der Waals surface area contributed by atoms with Gasteiger partial charge in [0.25, 0.3) is 0 Å². The fourth-order valence-electron chi connectivity index (χ4n) is 2.38. The topological polar surface area (TPSA) is 38.5 Å². The van der Waals surface area contributed by atoms with E-state index in [0.29, 0.717) is 0 Å². The lowest BCUT2D eigenvalue weighted by Gasteiger charge is -2.40. The number of rotatable bonds is 2. The van der Waals surface area contributed by atoms with Crippen LogP contribution in [-0.4, -0.2) is 25.3 Å². The number of nitrogens with two attached hydrogens (primary N) is 1. The predicted molar refractivity (Wildman–Crippen MR) is 71.3 cm³/mol. The van der Waals surface area contributed by atoms with Crippen molar-refractivity contribution < 1.29 is 4.74 Å². The molecule has 1 aliphatic rings. The van der Waals surface area contributed by atoms with E-state index in [-0.39, 0.29) is 11.6 Å². The Labute approximate surface area is 104 Å². The third-order valence-electron chi connectivity index (χ3n) is 3.19. The molecule has 3 nitrogen and oxygen atoms in total. The van der Waals surface area contributed by atoms with Crippen molar-refractivity contribution in [2.24, 2.45) is 5.73 Å². The molecule has 1 aromatic carbocycles. The first-order chi connectivity index (χ1) is 7.99. The number of para-hydroxylation sites is 1. The van der Waals surface area contributed by atoms with Gasteiger partial charge in [-0.3, -0.25) is 0 Å². The van der Waals surface area contributed by atoms with Gasteiger partial charge in [0.05, 0.1) is 12.2 Å². The van der Waals surface area contributed by atoms with E-state index in [9.17, 15) is 0 Å². The first-order valence-corrected chi connectivity index (χ1v) is 6.23. The van der Waals surface area contributed by atoms with Crippen molar-refractivity contribution in [2.75, 3.05) is 24.6 Å². The quantitative estimate of drug-likeness (QED) is 0.853. The maximum absolute atomic E-state index is 6.03. The molecule has 1 aliphatic heterocycles. The Morgan fingerprint density at radius 2 is 2.06 bits per heavy atom. The minimum atomic E-state index is -0.0802. The average Bonchev–Trinajstić information content (AvgIpc) is 2.27. The zero-order valence-electron chi connectivity index (χ0n) is 10.9. The molecule has 1 fully saturated rings. The highest BCUT2D eigenvalue weighted by Crippen LogP contribution is 2.28. The van der Waals surface area contributed by atoms with Crippen LogP contribution in [0.3, 0.4) is 0 Å². The number of hydrogen-bond donors (Lipinski definition) is 1. The van der Waals surface area contributed by atoms with Gasteiger partial charge in [-0.25, -0.2) is 0 Å². The van der Waals surface area contributed by atoms with E-state index in [1.165, 1.54) is 11.3 Å². The van der Waals surface area contributed by atoms with E-state index >= 15 is 0 Å². The lowest BCUT2D eigenvalue weighted by atomic mass is 10.0. The minimum absolute atomic E-state index is 0.0668. The van der Waals surface area contributed by atoms with Crippen LogP contribution >= 0.6 is 0 Å². The number of anilines is 1. The van der Waals surface area contributed by atoms with Crippen LogP contribution in [0.5, 0.6) is 0 Å². The Kier molecular flexibility index (Phi) is 3.40. The second-order valence-corrected chi connectivity index (χ2v) is 5.38. The summed E-state index contributed by atoms with van der Waals surface area (Å²) in [5.74, 6) is 0. The lowest BCUT2D eigenvalue weighted by Crippen LogP contribution is -2.48. The van der Waals surface area contributed by atoms with Crippen LogP contribution in [-0.2, 0) is 4.74 Å². The molecule has 0 spiro atoms. The van der Waals surface area contributed by atoms with Gasteiger partial charge in [0.2, 0.25) is 0 Å². The van der Waals surface area contributed by atoms with E-state index in [4.69, 9.17) is 10.5 Å². The van der Waals surface area contributed by atoms with Gasteiger partial charge in [-0.1, -0.05) is 18.2 Å². The van der Waals surface area contributed by atoms with Crippen LogP contribution in [0.1, 0.15) is 32.4 Å². The summed E-state index contributed by atoms with van der Waals surface area (Å²) in [6, 6.07) is 8.46. The second kappa shape index (κ2) is 4.67. The molecule has 1 aromatic rings. The molecule has 17 heavy (non-hydrogen) atoms. The summed E-state index contributed by atoms with van der Waals surface area (Å²) >= 11 is 0. The van der Waals surface area contributed by atoms with Gasteiger partial charge in [-0.05, 0) is 32.4 Å². The number of ether oxygens (including phenoxy) is 1. The number of benzene rings is 1. The summed E-state index contributed by atoms with van der Waals surface area (Å²) in [6.07, 6.45) is 0. The van der Waals surface area contributed by atoms with E-state index in [2.05, 4.69) is 36.9 Å². The number of nitrogens with zero attached hydrogens (tertiary/aromatic N) is 1. The van der Waals surface area contributed by atoms with Crippen molar-refractivity contribution in [2.45, 2.75) is 32.4 Å². The molecule has 94 valence electrons. The minimum Gasteiger partial charge on any atom is -0.372 e. The summed E-state index contributed by atoms with van der Waals surface area (Å²) in [6.45, 7) is 8.93. The molecule has 0 saturated carbocycles. The van der Waals surface area contributed by atoms with Gasteiger partial charge >= 0.3 is 0 Å². The van der Waals surface area contributed by atoms with E-state index in [1.807, 2.05) is 13.0 Å². The molecule has 0 aromatic heterocycles. The molecular weight excluding hydrogens is 212 g/mol. The molecule has 2 N–H and O–H groups in total. The largest absolute Gasteiger partial charge is 0.372 e. The zero-order chi connectivity index (χ0) is 12.5. The van der Waals surface area contributed by atoms with Crippen LogP contribution in [0.4, 0.5) is 5.69 Å². The highest BCUT2D eigenvalue weighted by Gasteiger charge is 2.28. The van der Waals surface area contributed by atoms with Crippen molar-refractivity contribution in [3.8, 4) is 0 Å². The van der Waals surface area contributed by atoms with Gasteiger partial charge in [0, 0.05) is 24.8 Å². The molecule has 0 amide bonds. The van der Waals surface area contributed by atoms with Crippen LogP contribution in [0.25, 0.3) is 0 Å². The van der Waals surface area contributed by atoms with Crippen molar-refractivity contribution in [3.63, 3.8) is 0 Å². The highest BCUT2D eigenvalue weighted by atomic mass is 16.5. The monoisotopic (exact) mass is 234 g/mol. The van der Waals surface area contributed by atoms with Gasteiger partial charge in [0.15, 0.2) is 0 Å². The van der Waals surface area contributed by atoms with Gasteiger partial charge < -0.3 is 15.4 Å². The standard InChI is InChI=1S/C14H22N2O/c1-11(15)12-6-4-5-7-13(12)16-8-9-17-14(2,3)10-16/h4-7,11H,8-10,15H2,1-3H3. The Bertz CT molecular complexity index is 388. The fourth-order valence-corrected chi connectivity index (χ4v) is 2.38. The Morgan fingerprint density at radius 3 is 2.71 bits per heavy atom. The third kappa shape index (κ3) is 2.79. The van der Waals surface area contributed by atoms with Crippen molar-refractivity contribution in [1.29, 1.82) is 0 Å².